The number of nitrogens with one attached hydrogen (secondary N) is 2. The molecule has 3 rings (SSSR count). The van der Waals surface area contributed by atoms with Gasteiger partial charge >= 0.3 is 0 Å². The van der Waals surface area contributed by atoms with E-state index in [-0.39, 0.29) is 17.7 Å². The van der Waals surface area contributed by atoms with Gasteiger partial charge in [0.25, 0.3) is 5.91 Å². The summed E-state index contributed by atoms with van der Waals surface area (Å²) in [5.41, 5.74) is 0.961. The zero-order chi connectivity index (χ0) is 16.1. The maximum atomic E-state index is 12.2. The van der Waals surface area contributed by atoms with Crippen LogP contribution in [0.25, 0.3) is 0 Å². The zero-order valence-electron chi connectivity index (χ0n) is 12.5. The summed E-state index contributed by atoms with van der Waals surface area (Å²) in [6, 6.07) is 7.41. The Bertz CT molecular complexity index is 672. The first-order valence-corrected chi connectivity index (χ1v) is 8.25. The molecule has 1 saturated heterocycles. The number of para-hydroxylation sites is 1. The van der Waals surface area contributed by atoms with E-state index >= 15 is 0 Å². The van der Waals surface area contributed by atoms with Gasteiger partial charge in [-0.15, -0.1) is 0 Å². The molecule has 2 aromatic rings. The molecule has 1 fully saturated rings. The SMILES string of the molecule is O=C(Nc1ccccc1Br)c1cnc(NCC2CCCO2)cn1. The molecule has 23 heavy (non-hydrogen) atoms. The fraction of sp³-hybridized carbons (Fsp3) is 0.312. The van der Waals surface area contributed by atoms with E-state index in [1.165, 1.54) is 6.20 Å². The Morgan fingerprint density at radius 3 is 2.87 bits per heavy atom. The summed E-state index contributed by atoms with van der Waals surface area (Å²) in [5.74, 6) is 0.341. The predicted molar refractivity (Wildman–Crippen MR) is 91.6 cm³/mol. The van der Waals surface area contributed by atoms with E-state index in [0.717, 1.165) is 23.9 Å². The highest BCUT2D eigenvalue weighted by Crippen LogP contribution is 2.21. The van der Waals surface area contributed by atoms with E-state index in [1.807, 2.05) is 24.3 Å². The van der Waals surface area contributed by atoms with Gasteiger partial charge in [-0.3, -0.25) is 4.79 Å². The maximum absolute atomic E-state index is 12.2. The Balaban J connectivity index is 1.57. The van der Waals surface area contributed by atoms with Crippen LogP contribution < -0.4 is 10.6 Å². The van der Waals surface area contributed by atoms with Crippen molar-refractivity contribution in [2.45, 2.75) is 18.9 Å². The Morgan fingerprint density at radius 1 is 1.30 bits per heavy atom. The summed E-state index contributed by atoms with van der Waals surface area (Å²) >= 11 is 3.39. The van der Waals surface area contributed by atoms with Crippen molar-refractivity contribution in [1.29, 1.82) is 0 Å². The van der Waals surface area contributed by atoms with Crippen molar-refractivity contribution < 1.29 is 9.53 Å². The molecule has 2 heterocycles. The second-order valence-electron chi connectivity index (χ2n) is 5.24. The summed E-state index contributed by atoms with van der Waals surface area (Å²) in [6.45, 7) is 1.53. The zero-order valence-corrected chi connectivity index (χ0v) is 14.0. The van der Waals surface area contributed by atoms with E-state index in [2.05, 4.69) is 36.5 Å². The third kappa shape index (κ3) is 4.27. The first-order valence-electron chi connectivity index (χ1n) is 7.46. The number of hydrogen-bond acceptors (Lipinski definition) is 5. The predicted octanol–water partition coefficient (Wildman–Crippen LogP) is 3.08. The van der Waals surface area contributed by atoms with Crippen LogP contribution in [0.1, 0.15) is 23.3 Å². The molecule has 1 aliphatic rings. The highest BCUT2D eigenvalue weighted by molar-refractivity contribution is 9.10. The van der Waals surface area contributed by atoms with E-state index < -0.39 is 0 Å². The lowest BCUT2D eigenvalue weighted by Gasteiger charge is -2.11. The minimum atomic E-state index is -0.296. The number of amides is 1. The molecule has 0 radical (unpaired) electrons. The number of carbonyl (C=O) groups is 1. The summed E-state index contributed by atoms with van der Waals surface area (Å²) in [5, 5.41) is 5.97. The highest BCUT2D eigenvalue weighted by atomic mass is 79.9. The molecule has 7 heteroatoms. The Hall–Kier alpha value is -1.99. The van der Waals surface area contributed by atoms with Crippen LogP contribution in [0.2, 0.25) is 0 Å². The van der Waals surface area contributed by atoms with Crippen LogP contribution in [-0.4, -0.2) is 35.1 Å². The molecule has 6 nitrogen and oxygen atoms in total. The monoisotopic (exact) mass is 376 g/mol. The molecule has 0 bridgehead atoms. The van der Waals surface area contributed by atoms with Gasteiger partial charge in [-0.1, -0.05) is 12.1 Å². The molecule has 1 aromatic heterocycles. The van der Waals surface area contributed by atoms with Gasteiger partial charge < -0.3 is 15.4 Å². The van der Waals surface area contributed by atoms with E-state index in [9.17, 15) is 4.79 Å². The highest BCUT2D eigenvalue weighted by Gasteiger charge is 2.15. The summed E-state index contributed by atoms with van der Waals surface area (Å²) < 4.78 is 6.35. The number of rotatable bonds is 5. The van der Waals surface area contributed by atoms with Crippen molar-refractivity contribution in [3.8, 4) is 0 Å². The van der Waals surface area contributed by atoms with Crippen molar-refractivity contribution >= 4 is 33.3 Å². The van der Waals surface area contributed by atoms with Crippen LogP contribution in [0.4, 0.5) is 11.5 Å². The van der Waals surface area contributed by atoms with Crippen LogP contribution in [0.3, 0.4) is 0 Å². The second kappa shape index (κ2) is 7.52. The average Bonchev–Trinajstić information content (AvgIpc) is 3.09. The molecule has 1 aromatic carbocycles. The van der Waals surface area contributed by atoms with Gasteiger partial charge in [0.1, 0.15) is 11.5 Å². The van der Waals surface area contributed by atoms with Gasteiger partial charge in [-0.05, 0) is 40.9 Å². The molecule has 0 aliphatic carbocycles. The minimum Gasteiger partial charge on any atom is -0.376 e. The van der Waals surface area contributed by atoms with Gasteiger partial charge in [-0.2, -0.15) is 0 Å². The van der Waals surface area contributed by atoms with E-state index in [1.54, 1.807) is 6.20 Å². The molecule has 0 saturated carbocycles. The van der Waals surface area contributed by atoms with Gasteiger partial charge in [0.05, 0.1) is 24.2 Å². The van der Waals surface area contributed by atoms with Crippen molar-refractivity contribution in [2.75, 3.05) is 23.8 Å². The summed E-state index contributed by atoms with van der Waals surface area (Å²) in [4.78, 5) is 20.5. The lowest BCUT2D eigenvalue weighted by molar-refractivity contribution is 0.102. The van der Waals surface area contributed by atoms with Gasteiger partial charge in [0.2, 0.25) is 0 Å². The molecule has 1 aliphatic heterocycles. The molecule has 0 spiro atoms. The van der Waals surface area contributed by atoms with Crippen LogP contribution >= 0.6 is 15.9 Å². The minimum absolute atomic E-state index is 0.232. The van der Waals surface area contributed by atoms with E-state index in [0.29, 0.717) is 18.1 Å². The third-order valence-corrected chi connectivity index (χ3v) is 4.23. The number of hydrogen-bond donors (Lipinski definition) is 2. The number of nitrogens with zero attached hydrogens (tertiary/aromatic N) is 2. The van der Waals surface area contributed by atoms with Crippen LogP contribution in [0, 0.1) is 0 Å². The quantitative estimate of drug-likeness (QED) is 0.838. The molecular formula is C16H17BrN4O2. The largest absolute Gasteiger partial charge is 0.376 e. The molecule has 1 atom stereocenters. The molecular weight excluding hydrogens is 360 g/mol. The van der Waals surface area contributed by atoms with Gasteiger partial charge in [0, 0.05) is 17.6 Å². The smallest absolute Gasteiger partial charge is 0.275 e. The normalized spacial score (nSPS) is 17.0. The number of halogens is 1. The number of anilines is 2. The number of carbonyl (C=O) groups excluding carboxylic acids is 1. The third-order valence-electron chi connectivity index (χ3n) is 3.54. The average molecular weight is 377 g/mol. The molecule has 1 unspecified atom stereocenters. The molecule has 1 amide bonds. The molecule has 2 N–H and O–H groups in total. The molecule has 120 valence electrons. The van der Waals surface area contributed by atoms with Crippen molar-refractivity contribution in [3.05, 3.63) is 46.8 Å². The first kappa shape index (κ1) is 15.9. The first-order chi connectivity index (χ1) is 11.2. The Kier molecular flexibility index (Phi) is 5.19. The topological polar surface area (TPSA) is 76.1 Å². The maximum Gasteiger partial charge on any atom is 0.275 e. The number of benzene rings is 1. The van der Waals surface area contributed by atoms with Crippen molar-refractivity contribution in [2.24, 2.45) is 0 Å². The van der Waals surface area contributed by atoms with Crippen LogP contribution in [0.5, 0.6) is 0 Å². The number of aromatic nitrogens is 2. The Morgan fingerprint density at radius 2 is 2.17 bits per heavy atom. The lowest BCUT2D eigenvalue weighted by Crippen LogP contribution is -2.19. The fourth-order valence-electron chi connectivity index (χ4n) is 2.31. The summed E-state index contributed by atoms with van der Waals surface area (Å²) in [7, 11) is 0. The van der Waals surface area contributed by atoms with Crippen LogP contribution in [-0.2, 0) is 4.74 Å². The van der Waals surface area contributed by atoms with Crippen LogP contribution in [0.15, 0.2) is 41.1 Å². The van der Waals surface area contributed by atoms with Gasteiger partial charge in [0.15, 0.2) is 0 Å². The van der Waals surface area contributed by atoms with E-state index in [4.69, 9.17) is 4.74 Å². The standard InChI is InChI=1S/C16H17BrN4O2/c17-12-5-1-2-6-13(12)21-16(22)14-9-20-15(10-18-14)19-8-11-4-3-7-23-11/h1-2,5-6,9-11H,3-4,7-8H2,(H,19,20)(H,21,22). The van der Waals surface area contributed by atoms with Gasteiger partial charge in [-0.25, -0.2) is 9.97 Å². The van der Waals surface area contributed by atoms with Crippen molar-refractivity contribution in [3.63, 3.8) is 0 Å². The summed E-state index contributed by atoms with van der Waals surface area (Å²) in [6.07, 6.45) is 5.42. The lowest BCUT2D eigenvalue weighted by atomic mass is 10.2. The Labute approximate surface area is 142 Å². The fourth-order valence-corrected chi connectivity index (χ4v) is 2.69. The second-order valence-corrected chi connectivity index (χ2v) is 6.09. The van der Waals surface area contributed by atoms with Crippen molar-refractivity contribution in [1.82, 2.24) is 9.97 Å². The number of ether oxygens (including phenoxy) is 1.